The monoisotopic (exact) mass is 302 g/mol. The topological polar surface area (TPSA) is 58.2 Å². The van der Waals surface area contributed by atoms with Gasteiger partial charge in [-0.1, -0.05) is 17.7 Å². The fourth-order valence-electron chi connectivity index (χ4n) is 2.23. The van der Waals surface area contributed by atoms with Crippen LogP contribution in [0.2, 0.25) is 5.02 Å². The van der Waals surface area contributed by atoms with Gasteiger partial charge in [-0.2, -0.15) is 0 Å². The van der Waals surface area contributed by atoms with Crippen LogP contribution in [0.25, 0.3) is 0 Å². The largest absolute Gasteiger partial charge is 0.316 e. The summed E-state index contributed by atoms with van der Waals surface area (Å²) < 4.78 is 27.0. The summed E-state index contributed by atoms with van der Waals surface area (Å²) in [5.74, 6) is 0.354. The molecule has 0 unspecified atom stereocenters. The minimum atomic E-state index is -3.52. The van der Waals surface area contributed by atoms with Crippen molar-refractivity contribution in [2.45, 2.75) is 24.7 Å². The molecule has 0 saturated carbocycles. The van der Waals surface area contributed by atoms with E-state index in [0.29, 0.717) is 12.5 Å². The molecule has 0 amide bonds. The van der Waals surface area contributed by atoms with Crippen LogP contribution < -0.4 is 10.0 Å². The molecule has 0 aromatic heterocycles. The summed E-state index contributed by atoms with van der Waals surface area (Å²) in [6.07, 6.45) is 2.15. The van der Waals surface area contributed by atoms with Crippen LogP contribution in [0.5, 0.6) is 0 Å². The molecule has 1 aliphatic rings. The normalized spacial score (nSPS) is 20.4. The predicted molar refractivity (Wildman–Crippen MR) is 77.0 cm³/mol. The number of sulfonamides is 1. The van der Waals surface area contributed by atoms with Crippen LogP contribution in [0.15, 0.2) is 23.1 Å². The van der Waals surface area contributed by atoms with Crippen LogP contribution in [0.1, 0.15) is 18.4 Å². The Bertz CT molecular complexity index is 540. The molecule has 1 aromatic rings. The van der Waals surface area contributed by atoms with Crippen LogP contribution in [-0.2, 0) is 10.0 Å². The third-order valence-corrected chi connectivity index (χ3v) is 5.24. The first-order chi connectivity index (χ1) is 8.99. The molecule has 106 valence electrons. The lowest BCUT2D eigenvalue weighted by Gasteiger charge is -2.22. The number of halogens is 1. The SMILES string of the molecule is Cc1ccc(S(=O)(=O)NC[C@H]2CCCNC2)c(Cl)c1. The first kappa shape index (κ1) is 14.8. The molecular weight excluding hydrogens is 284 g/mol. The first-order valence-corrected chi connectivity index (χ1v) is 8.32. The van der Waals surface area contributed by atoms with Gasteiger partial charge in [0.2, 0.25) is 10.0 Å². The number of rotatable bonds is 4. The molecule has 19 heavy (non-hydrogen) atoms. The molecule has 1 aliphatic heterocycles. The standard InChI is InChI=1S/C13H19ClN2O2S/c1-10-4-5-13(12(14)7-10)19(17,18)16-9-11-3-2-6-15-8-11/h4-5,7,11,15-16H,2-3,6,8-9H2,1H3/t11-/m0/s1. The molecule has 0 radical (unpaired) electrons. The lowest BCUT2D eigenvalue weighted by Crippen LogP contribution is -2.38. The van der Waals surface area contributed by atoms with Crippen molar-refractivity contribution in [3.63, 3.8) is 0 Å². The summed E-state index contributed by atoms with van der Waals surface area (Å²) in [5, 5.41) is 3.54. The Labute approximate surface area is 119 Å². The highest BCUT2D eigenvalue weighted by Crippen LogP contribution is 2.22. The van der Waals surface area contributed by atoms with E-state index in [1.54, 1.807) is 18.2 Å². The van der Waals surface area contributed by atoms with Gasteiger partial charge < -0.3 is 5.32 Å². The van der Waals surface area contributed by atoms with Gasteiger partial charge in [0.15, 0.2) is 0 Å². The van der Waals surface area contributed by atoms with E-state index in [0.717, 1.165) is 31.5 Å². The first-order valence-electron chi connectivity index (χ1n) is 6.45. The third-order valence-electron chi connectivity index (χ3n) is 3.34. The highest BCUT2D eigenvalue weighted by atomic mass is 35.5. The minimum absolute atomic E-state index is 0.156. The van der Waals surface area contributed by atoms with Crippen molar-refractivity contribution in [1.29, 1.82) is 0 Å². The molecule has 1 atom stereocenters. The Morgan fingerprint density at radius 3 is 2.89 bits per heavy atom. The van der Waals surface area contributed by atoms with Crippen LogP contribution in [0, 0.1) is 12.8 Å². The summed E-state index contributed by atoms with van der Waals surface area (Å²) in [5.41, 5.74) is 0.945. The second-order valence-electron chi connectivity index (χ2n) is 5.00. The average molecular weight is 303 g/mol. The van der Waals surface area contributed by atoms with E-state index >= 15 is 0 Å². The summed E-state index contributed by atoms with van der Waals surface area (Å²) >= 11 is 6.00. The fraction of sp³-hybridized carbons (Fsp3) is 0.538. The van der Waals surface area contributed by atoms with E-state index in [1.165, 1.54) is 0 Å². The van der Waals surface area contributed by atoms with Gasteiger partial charge in [0.05, 0.1) is 5.02 Å². The van der Waals surface area contributed by atoms with Crippen molar-refractivity contribution >= 4 is 21.6 Å². The molecule has 4 nitrogen and oxygen atoms in total. The lowest BCUT2D eigenvalue weighted by atomic mass is 10.0. The van der Waals surface area contributed by atoms with E-state index in [2.05, 4.69) is 10.0 Å². The summed E-state index contributed by atoms with van der Waals surface area (Å²) in [6.45, 7) is 4.22. The van der Waals surface area contributed by atoms with Crippen LogP contribution in [0.3, 0.4) is 0 Å². The van der Waals surface area contributed by atoms with Crippen molar-refractivity contribution in [2.24, 2.45) is 5.92 Å². The van der Waals surface area contributed by atoms with Gasteiger partial charge in [-0.25, -0.2) is 13.1 Å². The zero-order chi connectivity index (χ0) is 13.9. The molecule has 1 saturated heterocycles. The molecule has 2 N–H and O–H groups in total. The van der Waals surface area contributed by atoms with Gasteiger partial charge >= 0.3 is 0 Å². The molecule has 0 aliphatic carbocycles. The van der Waals surface area contributed by atoms with Crippen molar-refractivity contribution in [3.8, 4) is 0 Å². The highest BCUT2D eigenvalue weighted by molar-refractivity contribution is 7.89. The predicted octanol–water partition coefficient (Wildman–Crippen LogP) is 1.93. The molecule has 0 bridgehead atoms. The number of hydrogen-bond donors (Lipinski definition) is 2. The maximum absolute atomic E-state index is 12.2. The Balaban J connectivity index is 2.05. The molecule has 1 aromatic carbocycles. The number of piperidine rings is 1. The van der Waals surface area contributed by atoms with Crippen LogP contribution in [-0.4, -0.2) is 28.1 Å². The molecule has 6 heteroatoms. The zero-order valence-electron chi connectivity index (χ0n) is 10.9. The summed E-state index contributed by atoms with van der Waals surface area (Å²) in [6, 6.07) is 4.97. The van der Waals surface area contributed by atoms with Crippen LogP contribution >= 0.6 is 11.6 Å². The van der Waals surface area contributed by atoms with E-state index in [9.17, 15) is 8.42 Å². The third kappa shape index (κ3) is 3.92. The molecule has 1 heterocycles. The number of nitrogens with one attached hydrogen (secondary N) is 2. The zero-order valence-corrected chi connectivity index (χ0v) is 12.5. The molecule has 1 fully saturated rings. The Morgan fingerprint density at radius 2 is 2.26 bits per heavy atom. The van der Waals surface area contributed by atoms with Crippen molar-refractivity contribution in [1.82, 2.24) is 10.0 Å². The Kier molecular flexibility index (Phi) is 4.84. The van der Waals surface area contributed by atoms with E-state index in [-0.39, 0.29) is 9.92 Å². The Morgan fingerprint density at radius 1 is 1.47 bits per heavy atom. The van der Waals surface area contributed by atoms with Gasteiger partial charge in [0, 0.05) is 6.54 Å². The quantitative estimate of drug-likeness (QED) is 0.893. The smallest absolute Gasteiger partial charge is 0.242 e. The van der Waals surface area contributed by atoms with E-state index in [1.807, 2.05) is 6.92 Å². The number of aryl methyl sites for hydroxylation is 1. The maximum atomic E-state index is 12.2. The molecule has 0 spiro atoms. The van der Waals surface area contributed by atoms with Gasteiger partial charge in [-0.3, -0.25) is 0 Å². The van der Waals surface area contributed by atoms with Gasteiger partial charge in [-0.15, -0.1) is 0 Å². The van der Waals surface area contributed by atoms with Crippen molar-refractivity contribution in [3.05, 3.63) is 28.8 Å². The lowest BCUT2D eigenvalue weighted by molar-refractivity contribution is 0.376. The number of benzene rings is 1. The number of hydrogen-bond acceptors (Lipinski definition) is 3. The minimum Gasteiger partial charge on any atom is -0.316 e. The van der Waals surface area contributed by atoms with Crippen molar-refractivity contribution < 1.29 is 8.42 Å². The van der Waals surface area contributed by atoms with Crippen LogP contribution in [0.4, 0.5) is 0 Å². The average Bonchev–Trinajstić information content (AvgIpc) is 2.37. The van der Waals surface area contributed by atoms with Gasteiger partial charge in [0.1, 0.15) is 4.90 Å². The van der Waals surface area contributed by atoms with E-state index in [4.69, 9.17) is 11.6 Å². The van der Waals surface area contributed by atoms with Gasteiger partial charge in [-0.05, 0) is 56.5 Å². The summed E-state index contributed by atoms with van der Waals surface area (Å²) in [7, 11) is -3.52. The Hall–Kier alpha value is -0.620. The second-order valence-corrected chi connectivity index (χ2v) is 7.14. The van der Waals surface area contributed by atoms with E-state index < -0.39 is 10.0 Å². The molecule has 2 rings (SSSR count). The molecular formula is C13H19ClN2O2S. The fourth-order valence-corrected chi connectivity index (χ4v) is 3.94. The summed E-state index contributed by atoms with van der Waals surface area (Å²) in [4.78, 5) is 0.156. The van der Waals surface area contributed by atoms with Crippen molar-refractivity contribution in [2.75, 3.05) is 19.6 Å². The van der Waals surface area contributed by atoms with Gasteiger partial charge in [0.25, 0.3) is 0 Å². The maximum Gasteiger partial charge on any atom is 0.242 e. The highest BCUT2D eigenvalue weighted by Gasteiger charge is 2.20. The second kappa shape index (κ2) is 6.22.